The summed E-state index contributed by atoms with van der Waals surface area (Å²) >= 11 is 8.50. The van der Waals surface area contributed by atoms with Crippen LogP contribution < -0.4 is 10.5 Å². The Labute approximate surface area is 126 Å². The van der Waals surface area contributed by atoms with E-state index in [1.54, 1.807) is 0 Å². The normalized spacial score (nSPS) is 10.3. The molecule has 2 rings (SSSR count). The molecule has 2 aromatic rings. The lowest BCUT2D eigenvalue weighted by Gasteiger charge is -2.13. The Hall–Kier alpha value is -1.39. The van der Waals surface area contributed by atoms with Gasteiger partial charge in [-0.25, -0.2) is 0 Å². The molecule has 0 aromatic heterocycles. The van der Waals surface area contributed by atoms with Crippen molar-refractivity contribution in [1.82, 2.24) is 0 Å². The molecule has 0 radical (unpaired) electrons. The van der Waals surface area contributed by atoms with Crippen molar-refractivity contribution in [2.75, 3.05) is 0 Å². The SMILES string of the molecule is Cc1ccc(C(N)=S)c(Oc2cc(Br)ccc2C)c1. The summed E-state index contributed by atoms with van der Waals surface area (Å²) in [5.41, 5.74) is 8.63. The van der Waals surface area contributed by atoms with Crippen LogP contribution in [0.2, 0.25) is 0 Å². The van der Waals surface area contributed by atoms with E-state index < -0.39 is 0 Å². The van der Waals surface area contributed by atoms with Crippen LogP contribution in [0.25, 0.3) is 0 Å². The van der Waals surface area contributed by atoms with E-state index in [4.69, 9.17) is 22.7 Å². The Morgan fingerprint density at radius 2 is 1.84 bits per heavy atom. The lowest BCUT2D eigenvalue weighted by Crippen LogP contribution is -2.11. The van der Waals surface area contributed by atoms with Crippen molar-refractivity contribution in [3.63, 3.8) is 0 Å². The van der Waals surface area contributed by atoms with Crippen molar-refractivity contribution in [1.29, 1.82) is 0 Å². The first-order valence-electron chi connectivity index (χ1n) is 5.82. The second kappa shape index (κ2) is 5.72. The van der Waals surface area contributed by atoms with E-state index in [0.29, 0.717) is 10.7 Å². The van der Waals surface area contributed by atoms with Crippen LogP contribution in [0.4, 0.5) is 0 Å². The highest BCUT2D eigenvalue weighted by atomic mass is 79.9. The summed E-state index contributed by atoms with van der Waals surface area (Å²) in [6.07, 6.45) is 0. The molecule has 0 heterocycles. The van der Waals surface area contributed by atoms with Gasteiger partial charge in [-0.05, 0) is 49.2 Å². The summed E-state index contributed by atoms with van der Waals surface area (Å²) in [6, 6.07) is 11.7. The third-order valence-electron chi connectivity index (χ3n) is 2.77. The number of benzene rings is 2. The maximum Gasteiger partial charge on any atom is 0.137 e. The molecule has 0 spiro atoms. The van der Waals surface area contributed by atoms with Crippen molar-refractivity contribution in [2.24, 2.45) is 5.73 Å². The maximum atomic E-state index is 5.97. The molecular weight excluding hydrogens is 322 g/mol. The molecule has 0 saturated heterocycles. The highest BCUT2D eigenvalue weighted by molar-refractivity contribution is 9.10. The van der Waals surface area contributed by atoms with E-state index in [0.717, 1.165) is 26.9 Å². The van der Waals surface area contributed by atoms with Gasteiger partial charge in [0.25, 0.3) is 0 Å². The molecule has 0 saturated carbocycles. The van der Waals surface area contributed by atoms with E-state index in [2.05, 4.69) is 15.9 Å². The number of aryl methyl sites for hydroxylation is 2. The molecule has 98 valence electrons. The fourth-order valence-electron chi connectivity index (χ4n) is 1.72. The van der Waals surface area contributed by atoms with Crippen molar-refractivity contribution in [3.05, 3.63) is 57.6 Å². The molecule has 2 N–H and O–H groups in total. The predicted octanol–water partition coefficient (Wildman–Crippen LogP) is 4.49. The average molecular weight is 336 g/mol. The molecule has 0 aliphatic carbocycles. The monoisotopic (exact) mass is 335 g/mol. The fourth-order valence-corrected chi connectivity index (χ4v) is 2.23. The molecule has 19 heavy (non-hydrogen) atoms. The van der Waals surface area contributed by atoms with Crippen molar-refractivity contribution in [3.8, 4) is 11.5 Å². The minimum Gasteiger partial charge on any atom is -0.456 e. The zero-order valence-electron chi connectivity index (χ0n) is 10.7. The van der Waals surface area contributed by atoms with E-state index in [-0.39, 0.29) is 0 Å². The van der Waals surface area contributed by atoms with Crippen molar-refractivity contribution >= 4 is 33.1 Å². The minimum absolute atomic E-state index is 0.336. The van der Waals surface area contributed by atoms with Crippen molar-refractivity contribution in [2.45, 2.75) is 13.8 Å². The molecule has 0 unspecified atom stereocenters. The van der Waals surface area contributed by atoms with Gasteiger partial charge < -0.3 is 10.5 Å². The van der Waals surface area contributed by atoms with Gasteiger partial charge in [0.1, 0.15) is 16.5 Å². The van der Waals surface area contributed by atoms with Gasteiger partial charge in [0, 0.05) is 4.47 Å². The number of ether oxygens (including phenoxy) is 1. The topological polar surface area (TPSA) is 35.2 Å². The number of rotatable bonds is 3. The van der Waals surface area contributed by atoms with Gasteiger partial charge in [0.2, 0.25) is 0 Å². The molecule has 4 heteroatoms. The number of hydrogen-bond donors (Lipinski definition) is 1. The van der Waals surface area contributed by atoms with Gasteiger partial charge in [-0.1, -0.05) is 40.3 Å². The lowest BCUT2D eigenvalue weighted by molar-refractivity contribution is 0.477. The van der Waals surface area contributed by atoms with Crippen LogP contribution in [0.15, 0.2) is 40.9 Å². The van der Waals surface area contributed by atoms with Gasteiger partial charge in [0.05, 0.1) is 5.56 Å². The molecule has 0 aliphatic heterocycles. The third kappa shape index (κ3) is 3.33. The third-order valence-corrected chi connectivity index (χ3v) is 3.49. The van der Waals surface area contributed by atoms with E-state index >= 15 is 0 Å². The van der Waals surface area contributed by atoms with Gasteiger partial charge in [-0.3, -0.25) is 0 Å². The lowest BCUT2D eigenvalue weighted by atomic mass is 10.1. The zero-order chi connectivity index (χ0) is 14.0. The Morgan fingerprint density at radius 1 is 1.11 bits per heavy atom. The summed E-state index contributed by atoms with van der Waals surface area (Å²) in [7, 11) is 0. The highest BCUT2D eigenvalue weighted by Crippen LogP contribution is 2.30. The largest absolute Gasteiger partial charge is 0.456 e. The Morgan fingerprint density at radius 3 is 2.53 bits per heavy atom. The second-order valence-corrected chi connectivity index (χ2v) is 5.73. The molecule has 0 bridgehead atoms. The van der Waals surface area contributed by atoms with Gasteiger partial charge >= 0.3 is 0 Å². The number of halogens is 1. The molecule has 0 atom stereocenters. The second-order valence-electron chi connectivity index (χ2n) is 4.38. The zero-order valence-corrected chi connectivity index (χ0v) is 13.1. The average Bonchev–Trinajstić information content (AvgIpc) is 2.33. The summed E-state index contributed by atoms with van der Waals surface area (Å²) in [4.78, 5) is 0.336. The smallest absolute Gasteiger partial charge is 0.137 e. The Balaban J connectivity index is 2.45. The minimum atomic E-state index is 0.336. The summed E-state index contributed by atoms with van der Waals surface area (Å²) in [5.74, 6) is 1.48. The summed E-state index contributed by atoms with van der Waals surface area (Å²) < 4.78 is 6.94. The van der Waals surface area contributed by atoms with Crippen LogP contribution in [0, 0.1) is 13.8 Å². The van der Waals surface area contributed by atoms with E-state index in [1.165, 1.54) is 0 Å². The Kier molecular flexibility index (Phi) is 4.22. The van der Waals surface area contributed by atoms with Crippen LogP contribution in [-0.4, -0.2) is 4.99 Å². The first kappa shape index (κ1) is 14.0. The number of thiocarbonyl (C=S) groups is 1. The van der Waals surface area contributed by atoms with Gasteiger partial charge in [-0.2, -0.15) is 0 Å². The molecular formula is C15H14BrNOS. The van der Waals surface area contributed by atoms with Crippen LogP contribution in [0.5, 0.6) is 11.5 Å². The summed E-state index contributed by atoms with van der Waals surface area (Å²) in [6.45, 7) is 4.00. The molecule has 2 aromatic carbocycles. The van der Waals surface area contributed by atoms with Crippen LogP contribution >= 0.6 is 28.1 Å². The molecule has 2 nitrogen and oxygen atoms in total. The van der Waals surface area contributed by atoms with Gasteiger partial charge in [-0.15, -0.1) is 0 Å². The fraction of sp³-hybridized carbons (Fsp3) is 0.133. The van der Waals surface area contributed by atoms with Crippen LogP contribution in [0.3, 0.4) is 0 Å². The van der Waals surface area contributed by atoms with E-state index in [9.17, 15) is 0 Å². The van der Waals surface area contributed by atoms with E-state index in [1.807, 2.05) is 50.2 Å². The predicted molar refractivity (Wildman–Crippen MR) is 86.0 cm³/mol. The quantitative estimate of drug-likeness (QED) is 0.839. The molecule has 0 aliphatic rings. The molecule has 0 fully saturated rings. The highest BCUT2D eigenvalue weighted by Gasteiger charge is 2.09. The first-order valence-corrected chi connectivity index (χ1v) is 7.02. The van der Waals surface area contributed by atoms with Gasteiger partial charge in [0.15, 0.2) is 0 Å². The van der Waals surface area contributed by atoms with Crippen LogP contribution in [0.1, 0.15) is 16.7 Å². The van der Waals surface area contributed by atoms with Crippen molar-refractivity contribution < 1.29 is 4.74 Å². The molecule has 0 amide bonds. The van der Waals surface area contributed by atoms with Crippen LogP contribution in [-0.2, 0) is 0 Å². The summed E-state index contributed by atoms with van der Waals surface area (Å²) in [5, 5.41) is 0. The maximum absolute atomic E-state index is 5.97. The standard InChI is InChI=1S/C15H14BrNOS/c1-9-3-6-12(15(17)19)14(7-9)18-13-8-11(16)5-4-10(13)2/h3-8H,1-2H3,(H2,17,19). The first-order chi connectivity index (χ1) is 8.97. The number of hydrogen-bond acceptors (Lipinski definition) is 2. The number of nitrogens with two attached hydrogens (primary N) is 1. The Bertz CT molecular complexity index is 640.